The summed E-state index contributed by atoms with van der Waals surface area (Å²) in [5.41, 5.74) is 0. The van der Waals surface area contributed by atoms with Gasteiger partial charge in [0.25, 0.3) is 0 Å². The van der Waals surface area contributed by atoms with Crippen molar-refractivity contribution in [3.63, 3.8) is 0 Å². The molecule has 0 atom stereocenters. The quantitative estimate of drug-likeness (QED) is 0.440. The maximum atomic E-state index is 8.74. The van der Waals surface area contributed by atoms with Crippen molar-refractivity contribution in [3.05, 3.63) is 0 Å². The fraction of sp³-hybridized carbons (Fsp3) is 0. The van der Waals surface area contributed by atoms with Crippen LogP contribution in [0.25, 0.3) is 0 Å². The molecule has 0 heterocycles. The molecule has 48 valence electrons. The van der Waals surface area contributed by atoms with Crippen LogP contribution in [0.4, 0.5) is 0 Å². The second-order valence-corrected chi connectivity index (χ2v) is 1.34. The van der Waals surface area contributed by atoms with Gasteiger partial charge in [-0.15, -0.1) is 17.0 Å². The fourth-order valence-electron chi connectivity index (χ4n) is 0. The van der Waals surface area contributed by atoms with Gasteiger partial charge in [0.2, 0.25) is 0 Å². The zero-order valence-electron chi connectivity index (χ0n) is 7.94. The van der Waals surface area contributed by atoms with E-state index in [0.717, 1.165) is 0 Å². The molecule has 0 unspecified atom stereocenters. The Morgan fingerprint density at radius 2 is 1.12 bits per heavy atom. The molecule has 2 N–H and O–H groups in total. The van der Waals surface area contributed by atoms with Gasteiger partial charge in [0.1, 0.15) is 0 Å². The first-order chi connectivity index (χ1) is 2.00. The van der Waals surface area contributed by atoms with Crippen molar-refractivity contribution in [2.24, 2.45) is 0 Å². The summed E-state index contributed by atoms with van der Waals surface area (Å²) in [6, 6.07) is 0. The largest absolute Gasteiger partial charge is 2.00 e. The van der Waals surface area contributed by atoms with Crippen molar-refractivity contribution in [2.75, 3.05) is 0 Å². The third-order valence-electron chi connectivity index (χ3n) is 0. The van der Waals surface area contributed by atoms with Gasteiger partial charge in [0.15, 0.2) is 0 Å². The van der Waals surface area contributed by atoms with Crippen molar-refractivity contribution in [3.8, 4) is 0 Å². The van der Waals surface area contributed by atoms with Crippen LogP contribution in [0.1, 0.15) is 5.71 Å². The van der Waals surface area contributed by atoms with Crippen molar-refractivity contribution < 1.29 is 23.2 Å². The molecule has 0 aliphatic rings. The smallest absolute Gasteiger partial charge is 1.00 e. The van der Waals surface area contributed by atoms with E-state index in [0.29, 0.717) is 0 Å². The van der Waals surface area contributed by atoms with Gasteiger partial charge in [0, 0.05) is 0 Å². The molecule has 8 heteroatoms. The minimum absolute atomic E-state index is 0. The van der Waals surface area contributed by atoms with Crippen LogP contribution >= 0.6 is 17.0 Å². The Labute approximate surface area is 96.0 Å². The summed E-state index contributed by atoms with van der Waals surface area (Å²) in [4.78, 5) is 0. The van der Waals surface area contributed by atoms with Crippen molar-refractivity contribution in [1.82, 2.24) is 0 Å². The SMILES string of the molecule is Br.O=S(=O)(O)O.[H-].[H-].[H-].[H-].[Mg+2].[Mg+2]. The summed E-state index contributed by atoms with van der Waals surface area (Å²) in [6.45, 7) is 0. The minimum Gasteiger partial charge on any atom is -1.00 e. The number of rotatable bonds is 0. The van der Waals surface area contributed by atoms with Gasteiger partial charge < -0.3 is 5.71 Å². The van der Waals surface area contributed by atoms with Gasteiger partial charge >= 0.3 is 56.5 Å². The van der Waals surface area contributed by atoms with Crippen LogP contribution in [0.15, 0.2) is 0 Å². The van der Waals surface area contributed by atoms with E-state index >= 15 is 0 Å². The Hall–Kier alpha value is 1.88. The van der Waals surface area contributed by atoms with Crippen LogP contribution in [-0.2, 0) is 10.4 Å². The molecule has 0 saturated heterocycles. The van der Waals surface area contributed by atoms with E-state index in [2.05, 4.69) is 0 Å². The molecule has 4 nitrogen and oxygen atoms in total. The second kappa shape index (κ2) is 8.88. The summed E-state index contributed by atoms with van der Waals surface area (Å²) in [5, 5.41) is 0. The number of hydrogen-bond donors (Lipinski definition) is 2. The van der Waals surface area contributed by atoms with Crippen molar-refractivity contribution in [2.45, 2.75) is 0 Å². The summed E-state index contributed by atoms with van der Waals surface area (Å²) in [6.07, 6.45) is 0. The monoisotopic (exact) mass is 230 g/mol. The Kier molecular flexibility index (Phi) is 25.0. The predicted octanol–water partition coefficient (Wildman–Crippen LogP) is -0.386. The van der Waals surface area contributed by atoms with Crippen molar-refractivity contribution in [1.29, 1.82) is 0 Å². The van der Waals surface area contributed by atoms with E-state index in [4.69, 9.17) is 17.5 Å². The molecule has 0 aromatic carbocycles. The molecule has 0 rings (SSSR count). The van der Waals surface area contributed by atoms with Gasteiger partial charge in [-0.05, 0) is 0 Å². The van der Waals surface area contributed by atoms with Gasteiger partial charge in [-0.2, -0.15) is 8.42 Å². The van der Waals surface area contributed by atoms with E-state index in [1.807, 2.05) is 0 Å². The number of halogens is 1. The zero-order valence-corrected chi connectivity index (χ0v) is 9.30. The predicted molar refractivity (Wildman–Crippen MR) is 40.5 cm³/mol. The van der Waals surface area contributed by atoms with Gasteiger partial charge in [-0.25, -0.2) is 0 Å². The molecule has 8 heavy (non-hydrogen) atoms. The first kappa shape index (κ1) is 22.5. The fourth-order valence-corrected chi connectivity index (χ4v) is 0. The van der Waals surface area contributed by atoms with E-state index in [1.54, 1.807) is 0 Å². The maximum Gasteiger partial charge on any atom is 2.00 e. The molecular formula is H7BrMg2O4S. The Balaban J connectivity index is -0.00000000381. The second-order valence-electron chi connectivity index (χ2n) is 0.448. The average Bonchev–Trinajstić information content (AvgIpc) is 0.722. The summed E-state index contributed by atoms with van der Waals surface area (Å²) in [5.74, 6) is 0. The normalized spacial score (nSPS) is 7.25. The molecule has 0 fully saturated rings. The standard InChI is InChI=1S/BrH.2Mg.H2O4S.4H/c;;;1-5(2,3)4;;;;/h1H;;;(H2,1,2,3,4);;;;/q;2*+2;;4*-1. The summed E-state index contributed by atoms with van der Waals surface area (Å²) < 4.78 is 31.6. The van der Waals surface area contributed by atoms with Crippen LogP contribution in [-0.4, -0.2) is 63.6 Å². The van der Waals surface area contributed by atoms with E-state index in [9.17, 15) is 0 Å². The van der Waals surface area contributed by atoms with E-state index in [-0.39, 0.29) is 68.8 Å². The Bertz CT molecular complexity index is 108. The van der Waals surface area contributed by atoms with Crippen molar-refractivity contribution >= 4 is 73.5 Å². The number of hydrogen-bond acceptors (Lipinski definition) is 2. The topological polar surface area (TPSA) is 74.6 Å². The molecule has 0 aromatic heterocycles. The first-order valence-electron chi connectivity index (χ1n) is 0.698. The van der Waals surface area contributed by atoms with Crippen LogP contribution < -0.4 is 0 Å². The van der Waals surface area contributed by atoms with Gasteiger partial charge in [-0.3, -0.25) is 9.11 Å². The molecule has 0 spiro atoms. The molecule has 0 aliphatic carbocycles. The van der Waals surface area contributed by atoms with Crippen LogP contribution in [0.5, 0.6) is 0 Å². The third kappa shape index (κ3) is 105. The molecular weight excluding hydrogens is 225 g/mol. The maximum absolute atomic E-state index is 8.74. The van der Waals surface area contributed by atoms with E-state index < -0.39 is 10.4 Å². The average molecular weight is 232 g/mol. The van der Waals surface area contributed by atoms with Crippen LogP contribution in [0.3, 0.4) is 0 Å². The molecule has 0 aromatic rings. The summed E-state index contributed by atoms with van der Waals surface area (Å²) in [7, 11) is -4.67. The minimum atomic E-state index is -4.67. The molecule has 0 amide bonds. The van der Waals surface area contributed by atoms with Gasteiger partial charge in [-0.1, -0.05) is 0 Å². The van der Waals surface area contributed by atoms with Crippen LogP contribution in [0.2, 0.25) is 0 Å². The third-order valence-corrected chi connectivity index (χ3v) is 0. The zero-order chi connectivity index (χ0) is 4.50. The molecule has 0 aliphatic heterocycles. The molecule has 0 radical (unpaired) electrons. The van der Waals surface area contributed by atoms with E-state index in [1.165, 1.54) is 0 Å². The molecule has 0 saturated carbocycles. The Morgan fingerprint density at radius 3 is 1.12 bits per heavy atom. The molecule has 0 bridgehead atoms. The summed E-state index contributed by atoms with van der Waals surface area (Å²) >= 11 is 0. The van der Waals surface area contributed by atoms with Crippen LogP contribution in [0, 0.1) is 0 Å². The van der Waals surface area contributed by atoms with Gasteiger partial charge in [0.05, 0.1) is 0 Å². The Morgan fingerprint density at radius 1 is 1.12 bits per heavy atom. The first-order valence-corrected chi connectivity index (χ1v) is 2.10.